The summed E-state index contributed by atoms with van der Waals surface area (Å²) in [6.45, 7) is 2.01. The van der Waals surface area contributed by atoms with Gasteiger partial charge in [-0.3, -0.25) is 9.69 Å². The van der Waals surface area contributed by atoms with Gasteiger partial charge in [0.25, 0.3) is 0 Å². The summed E-state index contributed by atoms with van der Waals surface area (Å²) in [5, 5.41) is 0. The maximum absolute atomic E-state index is 12.4. The molecule has 156 valence electrons. The van der Waals surface area contributed by atoms with Gasteiger partial charge in [0.2, 0.25) is 0 Å². The number of esters is 1. The SMILES string of the molecule is COC(=O)C(Cc1nc2c3c(ccc2[nH]1)N(C(=O)OC)[C@@H](C)CC3)c1ccccc1. The third kappa shape index (κ3) is 3.51. The van der Waals surface area contributed by atoms with Crippen molar-refractivity contribution in [2.24, 2.45) is 0 Å². The number of carbonyl (C=O) groups is 2. The van der Waals surface area contributed by atoms with Crippen LogP contribution in [0.5, 0.6) is 0 Å². The average molecular weight is 407 g/mol. The lowest BCUT2D eigenvalue weighted by atomic mass is 9.95. The van der Waals surface area contributed by atoms with Crippen LogP contribution in [0.3, 0.4) is 0 Å². The first-order chi connectivity index (χ1) is 14.5. The Morgan fingerprint density at radius 3 is 2.63 bits per heavy atom. The van der Waals surface area contributed by atoms with Crippen LogP contribution in [0.1, 0.15) is 36.2 Å². The number of hydrogen-bond acceptors (Lipinski definition) is 5. The van der Waals surface area contributed by atoms with Crippen LogP contribution in [-0.4, -0.2) is 42.3 Å². The van der Waals surface area contributed by atoms with E-state index in [2.05, 4.69) is 4.98 Å². The molecule has 2 atom stereocenters. The zero-order valence-corrected chi connectivity index (χ0v) is 17.3. The molecule has 0 saturated heterocycles. The molecule has 7 nitrogen and oxygen atoms in total. The van der Waals surface area contributed by atoms with Gasteiger partial charge in [0.1, 0.15) is 5.82 Å². The molecule has 0 radical (unpaired) electrons. The molecule has 0 saturated carbocycles. The Kier molecular flexibility index (Phi) is 5.44. The number of rotatable bonds is 4. The van der Waals surface area contributed by atoms with Crippen molar-refractivity contribution >= 4 is 28.8 Å². The molecule has 1 amide bonds. The lowest BCUT2D eigenvalue weighted by molar-refractivity contribution is -0.142. The summed E-state index contributed by atoms with van der Waals surface area (Å²) in [6, 6.07) is 13.5. The number of aromatic nitrogens is 2. The number of nitrogens with zero attached hydrogens (tertiary/aromatic N) is 2. The molecule has 1 unspecified atom stereocenters. The molecule has 1 N–H and O–H groups in total. The molecule has 2 heterocycles. The second-order valence-corrected chi connectivity index (χ2v) is 7.56. The number of aromatic amines is 1. The molecule has 1 aromatic heterocycles. The van der Waals surface area contributed by atoms with Gasteiger partial charge in [-0.1, -0.05) is 30.3 Å². The number of ether oxygens (including phenoxy) is 2. The van der Waals surface area contributed by atoms with E-state index in [1.165, 1.54) is 14.2 Å². The highest BCUT2D eigenvalue weighted by Crippen LogP contribution is 2.36. The lowest BCUT2D eigenvalue weighted by Crippen LogP contribution is -2.42. The number of amides is 1. The van der Waals surface area contributed by atoms with Crippen molar-refractivity contribution in [3.05, 3.63) is 59.4 Å². The third-order valence-electron chi connectivity index (χ3n) is 5.75. The molecular weight excluding hydrogens is 382 g/mol. The fraction of sp³-hybridized carbons (Fsp3) is 0.348. The molecule has 3 aromatic rings. The largest absolute Gasteiger partial charge is 0.469 e. The molecule has 0 spiro atoms. The van der Waals surface area contributed by atoms with Gasteiger partial charge < -0.3 is 14.5 Å². The molecule has 2 aromatic carbocycles. The monoisotopic (exact) mass is 407 g/mol. The molecule has 0 bridgehead atoms. The van der Waals surface area contributed by atoms with Crippen molar-refractivity contribution in [3.8, 4) is 0 Å². The molecule has 4 rings (SSSR count). The fourth-order valence-corrected chi connectivity index (χ4v) is 4.20. The van der Waals surface area contributed by atoms with E-state index in [-0.39, 0.29) is 18.1 Å². The van der Waals surface area contributed by atoms with Crippen LogP contribution in [0.4, 0.5) is 10.5 Å². The molecule has 1 aliphatic rings. The van der Waals surface area contributed by atoms with Crippen molar-refractivity contribution in [1.29, 1.82) is 0 Å². The van der Waals surface area contributed by atoms with Crippen molar-refractivity contribution in [2.75, 3.05) is 19.1 Å². The molecule has 30 heavy (non-hydrogen) atoms. The second kappa shape index (κ2) is 8.18. The number of H-pyrrole nitrogens is 1. The highest BCUT2D eigenvalue weighted by Gasteiger charge is 2.31. The van der Waals surface area contributed by atoms with Gasteiger partial charge in [-0.2, -0.15) is 0 Å². The number of benzene rings is 2. The maximum Gasteiger partial charge on any atom is 0.414 e. The molecule has 1 aliphatic heterocycles. The zero-order chi connectivity index (χ0) is 21.3. The number of hydrogen-bond donors (Lipinski definition) is 1. The Morgan fingerprint density at radius 1 is 1.17 bits per heavy atom. The standard InChI is InChI=1S/C23H25N3O4/c1-14-9-10-16-19(26(14)23(28)30-3)12-11-18-21(16)25-20(24-18)13-17(22(27)29-2)15-7-5-4-6-8-15/h4-8,11-12,14,17H,9-10,13H2,1-3H3,(H,24,25)/t14-,17?/m0/s1. The number of carbonyl (C=O) groups excluding carboxylic acids is 2. The number of aryl methyl sites for hydroxylation is 1. The fourth-order valence-electron chi connectivity index (χ4n) is 4.20. The van der Waals surface area contributed by atoms with Crippen molar-refractivity contribution in [3.63, 3.8) is 0 Å². The van der Waals surface area contributed by atoms with E-state index in [1.807, 2.05) is 49.4 Å². The first kappa shape index (κ1) is 19.9. The van der Waals surface area contributed by atoms with Gasteiger partial charge in [-0.15, -0.1) is 0 Å². The van der Waals surface area contributed by atoms with Crippen molar-refractivity contribution < 1.29 is 19.1 Å². The summed E-state index contributed by atoms with van der Waals surface area (Å²) in [5.74, 6) is -0.0329. The Balaban J connectivity index is 1.72. The highest BCUT2D eigenvalue weighted by molar-refractivity contribution is 5.95. The van der Waals surface area contributed by atoms with Crippen LogP contribution < -0.4 is 4.90 Å². The summed E-state index contributed by atoms with van der Waals surface area (Å²) in [6.07, 6.45) is 1.69. The van der Waals surface area contributed by atoms with E-state index in [9.17, 15) is 9.59 Å². The van der Waals surface area contributed by atoms with E-state index < -0.39 is 5.92 Å². The smallest absolute Gasteiger partial charge is 0.414 e. The summed E-state index contributed by atoms with van der Waals surface area (Å²) >= 11 is 0. The minimum atomic E-state index is -0.445. The summed E-state index contributed by atoms with van der Waals surface area (Å²) in [7, 11) is 2.79. The van der Waals surface area contributed by atoms with Crippen molar-refractivity contribution in [1.82, 2.24) is 9.97 Å². The molecular formula is C23H25N3O4. The number of anilines is 1. The number of methoxy groups -OCH3 is 2. The molecule has 7 heteroatoms. The van der Waals surface area contributed by atoms with Crippen LogP contribution in [0.15, 0.2) is 42.5 Å². The van der Waals surface area contributed by atoms with Gasteiger partial charge in [0, 0.05) is 18.0 Å². The zero-order valence-electron chi connectivity index (χ0n) is 17.3. The minimum Gasteiger partial charge on any atom is -0.469 e. The Bertz CT molecular complexity index is 1080. The summed E-state index contributed by atoms with van der Waals surface area (Å²) < 4.78 is 10.0. The predicted octanol–water partition coefficient (Wildman–Crippen LogP) is 3.97. The summed E-state index contributed by atoms with van der Waals surface area (Å²) in [4.78, 5) is 34.6. The molecule has 0 aliphatic carbocycles. The Labute approximate surface area is 175 Å². The first-order valence-electron chi connectivity index (χ1n) is 10.0. The van der Waals surface area contributed by atoms with Gasteiger partial charge in [-0.05, 0) is 37.5 Å². The average Bonchev–Trinajstić information content (AvgIpc) is 3.20. The van der Waals surface area contributed by atoms with Crippen LogP contribution in [0, 0.1) is 0 Å². The van der Waals surface area contributed by atoms with E-state index >= 15 is 0 Å². The lowest BCUT2D eigenvalue weighted by Gasteiger charge is -2.34. The van der Waals surface area contributed by atoms with Gasteiger partial charge in [0.05, 0.1) is 36.9 Å². The van der Waals surface area contributed by atoms with E-state index in [4.69, 9.17) is 14.5 Å². The number of imidazole rings is 1. The molecule has 0 fully saturated rings. The predicted molar refractivity (Wildman–Crippen MR) is 114 cm³/mol. The van der Waals surface area contributed by atoms with Gasteiger partial charge in [-0.25, -0.2) is 9.78 Å². The van der Waals surface area contributed by atoms with E-state index in [0.717, 1.165) is 40.7 Å². The van der Waals surface area contributed by atoms with Crippen LogP contribution >= 0.6 is 0 Å². The van der Waals surface area contributed by atoms with Crippen LogP contribution in [0.25, 0.3) is 11.0 Å². The maximum atomic E-state index is 12.4. The van der Waals surface area contributed by atoms with Gasteiger partial charge >= 0.3 is 12.1 Å². The minimum absolute atomic E-state index is 0.0580. The quantitative estimate of drug-likeness (QED) is 0.662. The number of fused-ring (bicyclic) bond motifs is 3. The van der Waals surface area contributed by atoms with Gasteiger partial charge in [0.15, 0.2) is 0 Å². The third-order valence-corrected chi connectivity index (χ3v) is 5.75. The van der Waals surface area contributed by atoms with E-state index in [0.29, 0.717) is 12.2 Å². The van der Waals surface area contributed by atoms with Crippen LogP contribution in [-0.2, 0) is 27.1 Å². The topological polar surface area (TPSA) is 84.5 Å². The van der Waals surface area contributed by atoms with Crippen molar-refractivity contribution in [2.45, 2.75) is 38.1 Å². The van der Waals surface area contributed by atoms with E-state index in [1.54, 1.807) is 4.90 Å². The summed E-state index contributed by atoms with van der Waals surface area (Å²) in [5.41, 5.74) is 4.46. The van der Waals surface area contributed by atoms with Crippen LogP contribution in [0.2, 0.25) is 0 Å². The highest BCUT2D eigenvalue weighted by atomic mass is 16.5. The second-order valence-electron chi connectivity index (χ2n) is 7.56. The first-order valence-corrected chi connectivity index (χ1v) is 10.0. The Hall–Kier alpha value is -3.35. The number of nitrogens with one attached hydrogen (secondary N) is 1. The normalized spacial score (nSPS) is 16.8. The Morgan fingerprint density at radius 2 is 1.93 bits per heavy atom.